The van der Waals surface area contributed by atoms with E-state index in [-0.39, 0.29) is 18.7 Å². The van der Waals surface area contributed by atoms with Crippen LogP contribution in [0.4, 0.5) is 4.79 Å². The van der Waals surface area contributed by atoms with E-state index in [1.54, 1.807) is 11.9 Å². The van der Waals surface area contributed by atoms with Crippen LogP contribution in [0.2, 0.25) is 0 Å². The number of urea groups is 1. The molecule has 1 heterocycles. The van der Waals surface area contributed by atoms with Gasteiger partial charge >= 0.3 is 6.03 Å². The Labute approximate surface area is 123 Å². The SMILES string of the molecule is CC1CCCCN1CCCCNC(=O)N(C)C(C)CO. The van der Waals surface area contributed by atoms with Gasteiger partial charge in [0, 0.05) is 19.6 Å². The molecule has 0 radical (unpaired) electrons. The maximum absolute atomic E-state index is 11.8. The lowest BCUT2D eigenvalue weighted by Crippen LogP contribution is -2.44. The summed E-state index contributed by atoms with van der Waals surface area (Å²) in [6.45, 7) is 7.22. The van der Waals surface area contributed by atoms with Gasteiger partial charge in [-0.3, -0.25) is 0 Å². The van der Waals surface area contributed by atoms with Gasteiger partial charge in [-0.25, -0.2) is 4.79 Å². The van der Waals surface area contributed by atoms with Crippen LogP contribution in [-0.2, 0) is 0 Å². The quantitative estimate of drug-likeness (QED) is 0.700. The van der Waals surface area contributed by atoms with Gasteiger partial charge in [-0.05, 0) is 52.6 Å². The normalized spacial score (nSPS) is 21.5. The molecule has 5 nitrogen and oxygen atoms in total. The molecule has 0 aromatic heterocycles. The summed E-state index contributed by atoms with van der Waals surface area (Å²) in [5.74, 6) is 0. The fourth-order valence-corrected chi connectivity index (χ4v) is 2.57. The second-order valence-corrected chi connectivity index (χ2v) is 5.96. The minimum absolute atomic E-state index is 0.00321. The Kier molecular flexibility index (Phi) is 7.92. The van der Waals surface area contributed by atoms with Crippen LogP contribution in [-0.4, -0.2) is 66.3 Å². The number of likely N-dealkylation sites (N-methyl/N-ethyl adjacent to an activating group) is 1. The molecular weight excluding hydrogens is 254 g/mol. The lowest BCUT2D eigenvalue weighted by molar-refractivity contribution is 0.153. The maximum Gasteiger partial charge on any atom is 0.317 e. The summed E-state index contributed by atoms with van der Waals surface area (Å²) in [6.07, 6.45) is 6.15. The van der Waals surface area contributed by atoms with E-state index in [1.807, 2.05) is 6.92 Å². The molecule has 0 bridgehead atoms. The standard InChI is InChI=1S/C15H31N3O2/c1-13-8-4-6-10-18(13)11-7-5-9-16-15(20)17(3)14(2)12-19/h13-14,19H,4-12H2,1-3H3,(H,16,20). The lowest BCUT2D eigenvalue weighted by atomic mass is 10.0. The van der Waals surface area contributed by atoms with Crippen LogP contribution in [0.1, 0.15) is 46.0 Å². The Hall–Kier alpha value is -0.810. The predicted molar refractivity (Wildman–Crippen MR) is 81.8 cm³/mol. The number of aliphatic hydroxyl groups excluding tert-OH is 1. The smallest absolute Gasteiger partial charge is 0.317 e. The molecule has 2 unspecified atom stereocenters. The molecule has 1 saturated heterocycles. The van der Waals surface area contributed by atoms with Crippen LogP contribution in [0.15, 0.2) is 0 Å². The highest BCUT2D eigenvalue weighted by Crippen LogP contribution is 2.16. The molecule has 20 heavy (non-hydrogen) atoms. The summed E-state index contributed by atoms with van der Waals surface area (Å²) in [7, 11) is 1.71. The van der Waals surface area contributed by atoms with E-state index in [0.29, 0.717) is 6.54 Å². The van der Waals surface area contributed by atoms with Gasteiger partial charge in [0.05, 0.1) is 12.6 Å². The Bertz CT molecular complexity index is 286. The molecule has 1 aliphatic heterocycles. The topological polar surface area (TPSA) is 55.8 Å². The van der Waals surface area contributed by atoms with Crippen molar-refractivity contribution in [3.8, 4) is 0 Å². The first-order valence-electron chi connectivity index (χ1n) is 7.91. The number of hydrogen-bond acceptors (Lipinski definition) is 3. The number of likely N-dealkylation sites (tertiary alicyclic amines) is 1. The molecule has 1 fully saturated rings. The Morgan fingerprint density at radius 3 is 2.85 bits per heavy atom. The van der Waals surface area contributed by atoms with E-state index < -0.39 is 0 Å². The molecule has 2 N–H and O–H groups in total. The number of rotatable bonds is 7. The molecule has 1 aliphatic rings. The number of piperidine rings is 1. The molecule has 1 rings (SSSR count). The Morgan fingerprint density at radius 2 is 2.20 bits per heavy atom. The van der Waals surface area contributed by atoms with E-state index in [4.69, 9.17) is 5.11 Å². The Balaban J connectivity index is 2.08. The second kappa shape index (κ2) is 9.19. The van der Waals surface area contributed by atoms with E-state index in [2.05, 4.69) is 17.1 Å². The number of carbonyl (C=O) groups is 1. The summed E-state index contributed by atoms with van der Waals surface area (Å²) < 4.78 is 0. The van der Waals surface area contributed by atoms with Gasteiger partial charge in [0.2, 0.25) is 0 Å². The summed E-state index contributed by atoms with van der Waals surface area (Å²) >= 11 is 0. The fraction of sp³-hybridized carbons (Fsp3) is 0.933. The van der Waals surface area contributed by atoms with Crippen molar-refractivity contribution in [2.75, 3.05) is 33.3 Å². The second-order valence-electron chi connectivity index (χ2n) is 5.96. The Morgan fingerprint density at radius 1 is 1.45 bits per heavy atom. The van der Waals surface area contributed by atoms with E-state index in [0.717, 1.165) is 25.4 Å². The highest BCUT2D eigenvalue weighted by molar-refractivity contribution is 5.74. The number of nitrogens with one attached hydrogen (secondary N) is 1. The average molecular weight is 285 g/mol. The molecule has 0 aromatic rings. The van der Waals surface area contributed by atoms with Gasteiger partial charge in [-0.2, -0.15) is 0 Å². The van der Waals surface area contributed by atoms with Crippen molar-refractivity contribution >= 4 is 6.03 Å². The minimum atomic E-state index is -0.135. The highest BCUT2D eigenvalue weighted by atomic mass is 16.3. The van der Waals surface area contributed by atoms with E-state index >= 15 is 0 Å². The molecule has 0 spiro atoms. The van der Waals surface area contributed by atoms with Crippen LogP contribution < -0.4 is 5.32 Å². The van der Waals surface area contributed by atoms with Gasteiger partial charge in [-0.15, -0.1) is 0 Å². The van der Waals surface area contributed by atoms with Crippen LogP contribution in [0.3, 0.4) is 0 Å². The number of amides is 2. The zero-order valence-corrected chi connectivity index (χ0v) is 13.3. The summed E-state index contributed by atoms with van der Waals surface area (Å²) in [6, 6.07) is 0.483. The highest BCUT2D eigenvalue weighted by Gasteiger charge is 2.17. The van der Waals surface area contributed by atoms with Gasteiger partial charge in [-0.1, -0.05) is 6.42 Å². The third-order valence-corrected chi connectivity index (χ3v) is 4.33. The van der Waals surface area contributed by atoms with Crippen molar-refractivity contribution in [1.82, 2.24) is 15.1 Å². The zero-order valence-electron chi connectivity index (χ0n) is 13.3. The zero-order chi connectivity index (χ0) is 15.0. The lowest BCUT2D eigenvalue weighted by Gasteiger charge is -2.33. The van der Waals surface area contributed by atoms with E-state index in [1.165, 1.54) is 25.8 Å². The number of unbranched alkanes of at least 4 members (excludes halogenated alkanes) is 1. The summed E-state index contributed by atoms with van der Waals surface area (Å²) in [5.41, 5.74) is 0. The van der Waals surface area contributed by atoms with Crippen molar-refractivity contribution in [1.29, 1.82) is 0 Å². The van der Waals surface area contributed by atoms with Crippen LogP contribution in [0.5, 0.6) is 0 Å². The van der Waals surface area contributed by atoms with Crippen LogP contribution >= 0.6 is 0 Å². The fourth-order valence-electron chi connectivity index (χ4n) is 2.57. The number of carbonyl (C=O) groups excluding carboxylic acids is 1. The summed E-state index contributed by atoms with van der Waals surface area (Å²) in [4.78, 5) is 15.9. The molecule has 0 aromatic carbocycles. The van der Waals surface area contributed by atoms with Crippen LogP contribution in [0.25, 0.3) is 0 Å². The van der Waals surface area contributed by atoms with Gasteiger partial charge in [0.15, 0.2) is 0 Å². The third-order valence-electron chi connectivity index (χ3n) is 4.33. The minimum Gasteiger partial charge on any atom is -0.394 e. The number of aliphatic hydroxyl groups is 1. The van der Waals surface area contributed by atoms with Gasteiger partial charge in [0.25, 0.3) is 0 Å². The average Bonchev–Trinajstić information content (AvgIpc) is 2.46. The monoisotopic (exact) mass is 285 g/mol. The molecule has 2 amide bonds. The van der Waals surface area contributed by atoms with Gasteiger partial charge in [0.1, 0.15) is 0 Å². The number of hydrogen-bond donors (Lipinski definition) is 2. The van der Waals surface area contributed by atoms with Crippen molar-refractivity contribution in [2.24, 2.45) is 0 Å². The molecule has 0 saturated carbocycles. The first kappa shape index (κ1) is 17.2. The van der Waals surface area contributed by atoms with Crippen LogP contribution in [0, 0.1) is 0 Å². The first-order chi connectivity index (χ1) is 9.56. The summed E-state index contributed by atoms with van der Waals surface area (Å²) in [5, 5.41) is 11.9. The molecule has 118 valence electrons. The molecular formula is C15H31N3O2. The predicted octanol–water partition coefficient (Wildman–Crippen LogP) is 1.66. The van der Waals surface area contributed by atoms with Crippen molar-refractivity contribution in [2.45, 2.75) is 58.0 Å². The third kappa shape index (κ3) is 5.67. The van der Waals surface area contributed by atoms with Crippen molar-refractivity contribution in [3.05, 3.63) is 0 Å². The van der Waals surface area contributed by atoms with E-state index in [9.17, 15) is 4.79 Å². The molecule has 2 atom stereocenters. The van der Waals surface area contributed by atoms with Crippen molar-refractivity contribution < 1.29 is 9.90 Å². The first-order valence-corrected chi connectivity index (χ1v) is 7.91. The number of nitrogens with zero attached hydrogens (tertiary/aromatic N) is 2. The van der Waals surface area contributed by atoms with Crippen molar-refractivity contribution in [3.63, 3.8) is 0 Å². The maximum atomic E-state index is 11.8. The van der Waals surface area contributed by atoms with Gasteiger partial charge < -0.3 is 20.2 Å². The largest absolute Gasteiger partial charge is 0.394 e. The molecule has 0 aliphatic carbocycles. The molecule has 5 heteroatoms.